The van der Waals surface area contributed by atoms with Gasteiger partial charge in [-0.05, 0) is 60.1 Å². The number of carbonyl (C=O) groups excluding carboxylic acids is 2. The number of ketones is 1. The molecule has 220 valence electrons. The van der Waals surface area contributed by atoms with Crippen LogP contribution in [0.25, 0.3) is 0 Å². The predicted octanol–water partition coefficient (Wildman–Crippen LogP) is 5.20. The van der Waals surface area contributed by atoms with Gasteiger partial charge in [0.1, 0.15) is 5.76 Å². The number of nitrogens with one attached hydrogen (secondary N) is 2. The lowest BCUT2D eigenvalue weighted by molar-refractivity contribution is -0.135. The fourth-order valence-electron chi connectivity index (χ4n) is 5.63. The number of hydrogen-bond acceptors (Lipinski definition) is 6. The van der Waals surface area contributed by atoms with Crippen LogP contribution < -0.4 is 21.3 Å². The van der Waals surface area contributed by atoms with Crippen LogP contribution in [0, 0.1) is 11.3 Å². The van der Waals surface area contributed by atoms with E-state index >= 15 is 0 Å². The summed E-state index contributed by atoms with van der Waals surface area (Å²) in [6.07, 6.45) is 7.97. The van der Waals surface area contributed by atoms with Gasteiger partial charge < -0.3 is 31.1 Å². The fraction of sp³-hybridized carbons (Fsp3) is 0.586. The van der Waals surface area contributed by atoms with Crippen molar-refractivity contribution in [2.24, 2.45) is 17.1 Å². The molecule has 2 aliphatic carbocycles. The number of carbonyl (C=O) groups is 2. The van der Waals surface area contributed by atoms with E-state index in [4.69, 9.17) is 10.5 Å². The summed E-state index contributed by atoms with van der Waals surface area (Å²) in [5.41, 5.74) is 6.11. The van der Waals surface area contributed by atoms with Crippen LogP contribution in [-0.2, 0) is 9.53 Å². The van der Waals surface area contributed by atoms with Crippen LogP contribution in [0.15, 0.2) is 47.2 Å². The number of allylic oxidation sites excluding steroid dienone is 1. The number of halogens is 2. The topological polar surface area (TPSA) is 117 Å². The highest BCUT2D eigenvalue weighted by Crippen LogP contribution is 2.47. The van der Waals surface area contributed by atoms with Crippen molar-refractivity contribution >= 4 is 48.0 Å². The Labute approximate surface area is 245 Å². The largest absolute Gasteiger partial charge is 0.497 e. The number of urea groups is 1. The molecule has 1 aromatic rings. The molecule has 0 saturated heterocycles. The normalized spacial score (nSPS) is 21.9. The van der Waals surface area contributed by atoms with E-state index in [0.717, 1.165) is 49.8 Å². The first-order chi connectivity index (χ1) is 17.4. The molecule has 8 nitrogen and oxygen atoms in total. The molecule has 10 heteroatoms. The molecule has 2 unspecified atom stereocenters. The molecule has 1 aromatic carbocycles. The van der Waals surface area contributed by atoms with Crippen LogP contribution in [0.2, 0.25) is 0 Å². The Hall–Kier alpha value is -2.26. The van der Waals surface area contributed by atoms with Gasteiger partial charge in [-0.1, -0.05) is 46.5 Å². The number of ether oxygens (including phenoxy) is 1. The summed E-state index contributed by atoms with van der Waals surface area (Å²) in [7, 11) is 5.49. The van der Waals surface area contributed by atoms with Crippen LogP contribution in [0.5, 0.6) is 0 Å². The number of amides is 2. The van der Waals surface area contributed by atoms with Crippen LogP contribution in [0.1, 0.15) is 59.3 Å². The molecule has 1 saturated carbocycles. The molecule has 39 heavy (non-hydrogen) atoms. The van der Waals surface area contributed by atoms with Crippen molar-refractivity contribution in [1.82, 2.24) is 5.32 Å². The molecule has 2 amide bonds. The summed E-state index contributed by atoms with van der Waals surface area (Å²) in [4.78, 5) is 28.8. The molecular formula is C29H46Cl2N4O4. The van der Waals surface area contributed by atoms with Crippen molar-refractivity contribution in [2.45, 2.75) is 70.9 Å². The maximum absolute atomic E-state index is 13.4. The van der Waals surface area contributed by atoms with Crippen molar-refractivity contribution in [3.63, 3.8) is 0 Å². The first-order valence-corrected chi connectivity index (χ1v) is 13.2. The van der Waals surface area contributed by atoms with Gasteiger partial charge in [0.05, 0.1) is 19.7 Å². The van der Waals surface area contributed by atoms with Gasteiger partial charge in [-0.2, -0.15) is 0 Å². The summed E-state index contributed by atoms with van der Waals surface area (Å²) >= 11 is 0. The molecule has 0 heterocycles. The minimum Gasteiger partial charge on any atom is -0.497 e. The van der Waals surface area contributed by atoms with E-state index in [9.17, 15) is 14.7 Å². The molecule has 0 radical (unpaired) electrons. The van der Waals surface area contributed by atoms with Crippen molar-refractivity contribution in [3.05, 3.63) is 47.2 Å². The third-order valence-electron chi connectivity index (χ3n) is 7.55. The Morgan fingerprint density at radius 1 is 1.08 bits per heavy atom. The molecule has 2 aliphatic rings. The van der Waals surface area contributed by atoms with Crippen LogP contribution in [0.4, 0.5) is 16.2 Å². The molecule has 0 aromatic heterocycles. The third kappa shape index (κ3) is 7.69. The number of benzene rings is 1. The number of hydrogen-bond donors (Lipinski definition) is 4. The van der Waals surface area contributed by atoms with Gasteiger partial charge in [-0.3, -0.25) is 4.79 Å². The lowest BCUT2D eigenvalue weighted by atomic mass is 9.64. The highest BCUT2D eigenvalue weighted by atomic mass is 35.5. The number of rotatable bonds is 7. The quantitative estimate of drug-likeness (QED) is 0.327. The average Bonchev–Trinajstić information content (AvgIpc) is 3.13. The molecule has 0 aliphatic heterocycles. The lowest BCUT2D eigenvalue weighted by Crippen LogP contribution is -2.64. The maximum Gasteiger partial charge on any atom is 0.319 e. The van der Waals surface area contributed by atoms with E-state index in [0.29, 0.717) is 17.0 Å². The minimum absolute atomic E-state index is 0. The van der Waals surface area contributed by atoms with E-state index in [-0.39, 0.29) is 37.3 Å². The van der Waals surface area contributed by atoms with Gasteiger partial charge in [-0.25, -0.2) is 4.79 Å². The number of aliphatic hydroxyl groups is 1. The maximum atomic E-state index is 13.4. The Morgan fingerprint density at radius 2 is 1.64 bits per heavy atom. The summed E-state index contributed by atoms with van der Waals surface area (Å²) in [6, 6.07) is 5.92. The van der Waals surface area contributed by atoms with Crippen LogP contribution >= 0.6 is 24.8 Å². The monoisotopic (exact) mass is 584 g/mol. The summed E-state index contributed by atoms with van der Waals surface area (Å²) in [5.74, 6) is 0.138. The Kier molecular flexibility index (Phi) is 12.8. The fourth-order valence-corrected chi connectivity index (χ4v) is 5.63. The number of nitrogens with zero attached hydrogens (tertiary/aromatic N) is 1. The van der Waals surface area contributed by atoms with E-state index < -0.39 is 28.9 Å². The first kappa shape index (κ1) is 34.8. The number of nitrogens with two attached hydrogens (primary N) is 1. The second-order valence-corrected chi connectivity index (χ2v) is 11.4. The molecule has 0 bridgehead atoms. The second kappa shape index (κ2) is 14.4. The zero-order chi connectivity index (χ0) is 27.4. The van der Waals surface area contributed by atoms with E-state index in [2.05, 4.69) is 10.6 Å². The highest BCUT2D eigenvalue weighted by Gasteiger charge is 2.55. The van der Waals surface area contributed by atoms with Gasteiger partial charge >= 0.3 is 6.03 Å². The zero-order valence-corrected chi connectivity index (χ0v) is 25.6. The van der Waals surface area contributed by atoms with Gasteiger partial charge in [0.25, 0.3) is 0 Å². The standard InChI is InChI=1S/C29H44N4O4.2ClH/c1-28(2,3)23-17-22(37-6)25(19-11-9-7-8-10-12-19)26(29(23,36)24(34)18-30)32-27(35)31-20-13-15-21(16-14-20)33(4)5;;/h13-17,19,26,36H,7-12,18,30H2,1-6H3,(H2,31,32,35);2*1H. The third-order valence-corrected chi connectivity index (χ3v) is 7.55. The SMILES string of the molecule is COC1=C(C2CCCCCC2)C(NC(=O)Nc2ccc(N(C)C)cc2)C(O)(C(=O)CN)C(C(C)(C)C)=C1.Cl.Cl. The van der Waals surface area contributed by atoms with E-state index in [1.165, 1.54) is 0 Å². The second-order valence-electron chi connectivity index (χ2n) is 11.4. The van der Waals surface area contributed by atoms with Gasteiger partial charge in [0.2, 0.25) is 0 Å². The first-order valence-electron chi connectivity index (χ1n) is 13.2. The van der Waals surface area contributed by atoms with E-state index in [1.54, 1.807) is 13.2 Å². The molecule has 3 rings (SSSR count). The molecule has 1 fully saturated rings. The van der Waals surface area contributed by atoms with Gasteiger partial charge in [-0.15, -0.1) is 24.8 Å². The number of Topliss-reactive ketones (excluding diaryl/α,β-unsaturated/α-hetero) is 1. The summed E-state index contributed by atoms with van der Waals surface area (Å²) in [6.45, 7) is 5.44. The molecule has 5 N–H and O–H groups in total. The highest BCUT2D eigenvalue weighted by molar-refractivity contribution is 5.97. The van der Waals surface area contributed by atoms with Gasteiger partial charge in [0.15, 0.2) is 11.4 Å². The van der Waals surface area contributed by atoms with Gasteiger partial charge in [0, 0.05) is 31.0 Å². The van der Waals surface area contributed by atoms with Crippen molar-refractivity contribution in [3.8, 4) is 0 Å². The van der Waals surface area contributed by atoms with Crippen molar-refractivity contribution in [1.29, 1.82) is 0 Å². The van der Waals surface area contributed by atoms with Crippen LogP contribution in [-0.4, -0.2) is 56.3 Å². The zero-order valence-electron chi connectivity index (χ0n) is 24.0. The Bertz CT molecular complexity index is 1040. The minimum atomic E-state index is -2.00. The Balaban J connectivity index is 0.00000380. The van der Waals surface area contributed by atoms with E-state index in [1.807, 2.05) is 64.0 Å². The van der Waals surface area contributed by atoms with Crippen molar-refractivity contribution in [2.75, 3.05) is 38.0 Å². The molecule has 0 spiro atoms. The predicted molar refractivity (Wildman–Crippen MR) is 163 cm³/mol. The smallest absolute Gasteiger partial charge is 0.319 e. The number of anilines is 2. The molecular weight excluding hydrogens is 539 g/mol. The average molecular weight is 586 g/mol. The summed E-state index contributed by atoms with van der Waals surface area (Å²) in [5, 5.41) is 18.1. The number of methoxy groups -OCH3 is 1. The van der Waals surface area contributed by atoms with Crippen LogP contribution in [0.3, 0.4) is 0 Å². The van der Waals surface area contributed by atoms with Crippen molar-refractivity contribution < 1.29 is 19.4 Å². The Morgan fingerprint density at radius 3 is 2.10 bits per heavy atom. The summed E-state index contributed by atoms with van der Waals surface area (Å²) < 4.78 is 5.87. The lowest BCUT2D eigenvalue weighted by Gasteiger charge is -2.47. The molecule has 2 atom stereocenters.